The molecule has 0 saturated carbocycles. The van der Waals surface area contributed by atoms with Gasteiger partial charge in [0.15, 0.2) is 0 Å². The molecule has 1 aromatic rings. The smallest absolute Gasteiger partial charge is 0.310 e. The SMILES string of the molecule is CCOc1ccc(NC(=O)[C@@H]2[C@H](C(=O)O)[C@H]3CC[C@H]2O3)cc1. The highest BCUT2D eigenvalue weighted by Gasteiger charge is 2.55. The number of carbonyl (C=O) groups is 2. The minimum Gasteiger partial charge on any atom is -0.494 e. The van der Waals surface area contributed by atoms with Gasteiger partial charge in [0, 0.05) is 5.69 Å². The third-order valence-electron chi connectivity index (χ3n) is 4.29. The van der Waals surface area contributed by atoms with Gasteiger partial charge in [-0.25, -0.2) is 0 Å². The van der Waals surface area contributed by atoms with E-state index >= 15 is 0 Å². The molecule has 2 bridgehead atoms. The normalized spacial score (nSPS) is 29.3. The van der Waals surface area contributed by atoms with E-state index in [4.69, 9.17) is 9.47 Å². The number of amides is 1. The molecule has 0 aliphatic carbocycles. The standard InChI is InChI=1S/C16H19NO5/c1-2-21-10-5-3-9(4-6-10)17-15(18)13-11-7-8-12(22-11)14(13)16(19)20/h3-6,11-14H,2,7-8H2,1H3,(H,17,18)(H,19,20)/t11-,12-,13+,14-/m1/s1. The van der Waals surface area contributed by atoms with Crippen molar-refractivity contribution in [1.29, 1.82) is 0 Å². The maximum Gasteiger partial charge on any atom is 0.310 e. The van der Waals surface area contributed by atoms with Gasteiger partial charge in [-0.1, -0.05) is 0 Å². The van der Waals surface area contributed by atoms with Crippen molar-refractivity contribution >= 4 is 17.6 Å². The van der Waals surface area contributed by atoms with Crippen molar-refractivity contribution in [2.75, 3.05) is 11.9 Å². The fourth-order valence-corrected chi connectivity index (χ4v) is 3.35. The van der Waals surface area contributed by atoms with Crippen LogP contribution >= 0.6 is 0 Å². The fraction of sp³-hybridized carbons (Fsp3) is 0.500. The number of hydrogen-bond acceptors (Lipinski definition) is 4. The van der Waals surface area contributed by atoms with Crippen molar-refractivity contribution in [3.05, 3.63) is 24.3 Å². The Hall–Kier alpha value is -2.08. The lowest BCUT2D eigenvalue weighted by Crippen LogP contribution is -2.40. The van der Waals surface area contributed by atoms with Gasteiger partial charge in [0.25, 0.3) is 0 Å². The number of rotatable bonds is 5. The van der Waals surface area contributed by atoms with Crippen LogP contribution in [0.1, 0.15) is 19.8 Å². The average molecular weight is 305 g/mol. The Bertz CT molecular complexity index is 570. The Morgan fingerprint density at radius 2 is 1.86 bits per heavy atom. The summed E-state index contributed by atoms with van der Waals surface area (Å²) < 4.78 is 11.0. The van der Waals surface area contributed by atoms with E-state index in [9.17, 15) is 14.7 Å². The third kappa shape index (κ3) is 2.66. The molecule has 6 nitrogen and oxygen atoms in total. The van der Waals surface area contributed by atoms with Gasteiger partial charge in [0.05, 0.1) is 30.7 Å². The number of carbonyl (C=O) groups excluding carboxylic acids is 1. The lowest BCUT2D eigenvalue weighted by atomic mass is 9.78. The minimum absolute atomic E-state index is 0.284. The van der Waals surface area contributed by atoms with Crippen LogP contribution in [0, 0.1) is 11.8 Å². The summed E-state index contributed by atoms with van der Waals surface area (Å²) in [7, 11) is 0. The van der Waals surface area contributed by atoms with Crippen LogP contribution < -0.4 is 10.1 Å². The third-order valence-corrected chi connectivity index (χ3v) is 4.29. The second-order valence-electron chi connectivity index (χ2n) is 5.63. The molecule has 2 aliphatic heterocycles. The van der Waals surface area contributed by atoms with Crippen molar-refractivity contribution in [2.45, 2.75) is 32.0 Å². The lowest BCUT2D eigenvalue weighted by Gasteiger charge is -2.23. The number of carboxylic acid groups (broad SMARTS) is 1. The van der Waals surface area contributed by atoms with E-state index < -0.39 is 17.8 Å². The summed E-state index contributed by atoms with van der Waals surface area (Å²) in [5.41, 5.74) is 0.625. The highest BCUT2D eigenvalue weighted by molar-refractivity contribution is 5.96. The molecular weight excluding hydrogens is 286 g/mol. The van der Waals surface area contributed by atoms with E-state index in [1.54, 1.807) is 24.3 Å². The summed E-state index contributed by atoms with van der Waals surface area (Å²) in [6.45, 7) is 2.48. The molecule has 2 fully saturated rings. The minimum atomic E-state index is -0.959. The summed E-state index contributed by atoms with van der Waals surface area (Å²) in [5.74, 6) is -1.89. The summed E-state index contributed by atoms with van der Waals surface area (Å²) >= 11 is 0. The second kappa shape index (κ2) is 5.96. The van der Waals surface area contributed by atoms with Crippen LogP contribution in [0.5, 0.6) is 5.75 Å². The van der Waals surface area contributed by atoms with E-state index in [0.29, 0.717) is 18.7 Å². The summed E-state index contributed by atoms with van der Waals surface area (Å²) in [4.78, 5) is 23.8. The molecule has 0 spiro atoms. The predicted molar refractivity (Wildman–Crippen MR) is 78.8 cm³/mol. The number of hydrogen-bond donors (Lipinski definition) is 2. The molecule has 118 valence electrons. The van der Waals surface area contributed by atoms with Crippen LogP contribution in [0.4, 0.5) is 5.69 Å². The van der Waals surface area contributed by atoms with Crippen molar-refractivity contribution < 1.29 is 24.2 Å². The van der Waals surface area contributed by atoms with Gasteiger partial charge in [0.1, 0.15) is 5.75 Å². The topological polar surface area (TPSA) is 84.9 Å². The Morgan fingerprint density at radius 3 is 2.45 bits per heavy atom. The molecule has 2 aliphatic rings. The quantitative estimate of drug-likeness (QED) is 0.868. The van der Waals surface area contributed by atoms with Crippen LogP contribution in [0.25, 0.3) is 0 Å². The molecule has 1 aromatic carbocycles. The van der Waals surface area contributed by atoms with Crippen LogP contribution in [0.15, 0.2) is 24.3 Å². The largest absolute Gasteiger partial charge is 0.494 e. The number of nitrogens with one attached hydrogen (secondary N) is 1. The van der Waals surface area contributed by atoms with Gasteiger partial charge < -0.3 is 19.9 Å². The van der Waals surface area contributed by atoms with Crippen molar-refractivity contribution in [1.82, 2.24) is 0 Å². The van der Waals surface area contributed by atoms with E-state index in [0.717, 1.165) is 12.2 Å². The molecule has 6 heteroatoms. The monoisotopic (exact) mass is 305 g/mol. The van der Waals surface area contributed by atoms with Gasteiger partial charge in [-0.05, 0) is 44.0 Å². The zero-order chi connectivity index (χ0) is 15.7. The van der Waals surface area contributed by atoms with Crippen molar-refractivity contribution in [2.24, 2.45) is 11.8 Å². The van der Waals surface area contributed by atoms with E-state index in [2.05, 4.69) is 5.32 Å². The van der Waals surface area contributed by atoms with Crippen molar-refractivity contribution in [3.8, 4) is 5.75 Å². The van der Waals surface area contributed by atoms with Gasteiger partial charge in [-0.15, -0.1) is 0 Å². The molecule has 1 amide bonds. The summed E-state index contributed by atoms with van der Waals surface area (Å²) in [6.07, 6.45) is 0.844. The molecule has 2 N–H and O–H groups in total. The molecule has 0 aromatic heterocycles. The highest BCUT2D eigenvalue weighted by atomic mass is 16.5. The van der Waals surface area contributed by atoms with Crippen LogP contribution in [-0.4, -0.2) is 35.8 Å². The zero-order valence-corrected chi connectivity index (χ0v) is 12.3. The molecule has 4 atom stereocenters. The number of carboxylic acids is 1. The highest BCUT2D eigenvalue weighted by Crippen LogP contribution is 2.44. The maximum absolute atomic E-state index is 12.4. The number of benzene rings is 1. The lowest BCUT2D eigenvalue weighted by molar-refractivity contribution is -0.147. The van der Waals surface area contributed by atoms with Crippen LogP contribution in [0.3, 0.4) is 0 Å². The number of anilines is 1. The van der Waals surface area contributed by atoms with E-state index in [1.165, 1.54) is 0 Å². The zero-order valence-electron chi connectivity index (χ0n) is 12.3. The molecule has 2 saturated heterocycles. The number of aliphatic carboxylic acids is 1. The first-order valence-corrected chi connectivity index (χ1v) is 7.52. The first kappa shape index (κ1) is 14.8. The van der Waals surface area contributed by atoms with Gasteiger partial charge >= 0.3 is 5.97 Å². The van der Waals surface area contributed by atoms with Gasteiger partial charge in [0.2, 0.25) is 5.91 Å². The Kier molecular flexibility index (Phi) is 4.02. The van der Waals surface area contributed by atoms with Crippen LogP contribution in [0.2, 0.25) is 0 Å². The van der Waals surface area contributed by atoms with Gasteiger partial charge in [-0.2, -0.15) is 0 Å². The molecule has 0 radical (unpaired) electrons. The predicted octanol–water partition coefficient (Wildman–Crippen LogP) is 1.90. The molecular formula is C16H19NO5. The fourth-order valence-electron chi connectivity index (χ4n) is 3.35. The Balaban J connectivity index is 1.69. The molecule has 22 heavy (non-hydrogen) atoms. The first-order valence-electron chi connectivity index (χ1n) is 7.52. The van der Waals surface area contributed by atoms with Crippen LogP contribution in [-0.2, 0) is 14.3 Å². The second-order valence-corrected chi connectivity index (χ2v) is 5.63. The Labute approximate surface area is 128 Å². The summed E-state index contributed by atoms with van der Waals surface area (Å²) in [5, 5.41) is 12.1. The number of ether oxygens (including phenoxy) is 2. The first-order chi connectivity index (χ1) is 10.6. The van der Waals surface area contributed by atoms with Crippen molar-refractivity contribution in [3.63, 3.8) is 0 Å². The van der Waals surface area contributed by atoms with E-state index in [1.807, 2.05) is 6.92 Å². The average Bonchev–Trinajstić information content (AvgIpc) is 3.10. The molecule has 2 heterocycles. The molecule has 3 rings (SSSR count). The van der Waals surface area contributed by atoms with E-state index in [-0.39, 0.29) is 18.1 Å². The Morgan fingerprint density at radius 1 is 1.23 bits per heavy atom. The molecule has 0 unspecified atom stereocenters. The van der Waals surface area contributed by atoms with Gasteiger partial charge in [-0.3, -0.25) is 9.59 Å². The summed E-state index contributed by atoms with van der Waals surface area (Å²) in [6, 6.07) is 7.02. The number of fused-ring (bicyclic) bond motifs is 2. The maximum atomic E-state index is 12.4.